The van der Waals surface area contributed by atoms with Gasteiger partial charge in [-0.3, -0.25) is 18.5 Å². The molecule has 0 unspecified atom stereocenters. The maximum Gasteiger partial charge on any atom is 1.00 e. The number of nitro benzene ring substituents is 1. The van der Waals surface area contributed by atoms with Crippen LogP contribution in [-0.2, 0) is 51.6 Å². The van der Waals surface area contributed by atoms with Crippen molar-refractivity contribution in [2.24, 2.45) is 30.7 Å². The van der Waals surface area contributed by atoms with Gasteiger partial charge in [0.05, 0.1) is 42.4 Å². The Labute approximate surface area is 481 Å². The predicted molar refractivity (Wildman–Crippen MR) is 194 cm³/mol. The number of nitrogens with zero attached hydrogens (tertiary/aromatic N) is 7. The predicted octanol–water partition coefficient (Wildman–Crippen LogP) is -11.1. The number of benzene rings is 5. The molecule has 65 heavy (non-hydrogen) atoms. The largest absolute Gasteiger partial charge is 1.00 e. The Hall–Kier alpha value is -1.87. The Morgan fingerprint density at radius 3 is 1.65 bits per heavy atom. The molecule has 0 aliphatic heterocycles. The van der Waals surface area contributed by atoms with E-state index >= 15 is 0 Å². The van der Waals surface area contributed by atoms with E-state index in [4.69, 9.17) is 31.0 Å². The van der Waals surface area contributed by atoms with Gasteiger partial charge in [0.15, 0.2) is 11.4 Å². The first-order valence-electron chi connectivity index (χ1n) is 14.8. The normalized spacial score (nSPS) is 11.0. The van der Waals surface area contributed by atoms with Gasteiger partial charge in [0.1, 0.15) is 31.6 Å². The number of phenols is 1. The van der Waals surface area contributed by atoms with Gasteiger partial charge < -0.3 is 24.5 Å². The average molecular weight is 1040 g/mol. The first kappa shape index (κ1) is 67.4. The number of aromatic hydroxyl groups is 1. The van der Waals surface area contributed by atoms with Crippen molar-refractivity contribution >= 4 is 108 Å². The van der Waals surface area contributed by atoms with Crippen LogP contribution in [-0.4, -0.2) is 74.2 Å². The number of fused-ring (bicyclic) bond motifs is 1. The van der Waals surface area contributed by atoms with Gasteiger partial charge in [-0.2, -0.15) is 38.7 Å². The van der Waals surface area contributed by atoms with Crippen molar-refractivity contribution < 1.29 is 222 Å². The van der Waals surface area contributed by atoms with Crippen LogP contribution in [0.2, 0.25) is 0 Å². The van der Waals surface area contributed by atoms with Crippen molar-refractivity contribution in [2.45, 2.75) is 21.6 Å². The summed E-state index contributed by atoms with van der Waals surface area (Å²) in [6, 6.07) is 16.6. The molecule has 0 atom stereocenters. The van der Waals surface area contributed by atoms with Crippen molar-refractivity contribution in [1.82, 2.24) is 0 Å². The second kappa shape index (κ2) is 29.2. The van der Waals surface area contributed by atoms with Gasteiger partial charge >= 0.3 is 169 Å². The number of aryl methyl sites for hydroxylation is 1. The summed E-state index contributed by atoms with van der Waals surface area (Å²) in [7, 11) is -22.1. The topological polar surface area (TPSA) is 438 Å². The molecule has 5 aromatic rings. The molecule has 0 radical (unpaired) electrons. The number of azo groups is 3. The molecule has 0 bridgehead atoms. The van der Waals surface area contributed by atoms with E-state index in [2.05, 4.69) is 42.8 Å². The summed E-state index contributed by atoms with van der Waals surface area (Å²) in [5.74, 6) is -1.19. The van der Waals surface area contributed by atoms with Crippen LogP contribution in [0.25, 0.3) is 10.8 Å². The number of nitro groups is 1. The third kappa shape index (κ3) is 20.3. The first-order chi connectivity index (χ1) is 27.7. The van der Waals surface area contributed by atoms with Gasteiger partial charge in [-0.15, -0.1) is 53.7 Å². The summed E-state index contributed by atoms with van der Waals surface area (Å²) in [6.07, 6.45) is 0. The Kier molecular flexibility index (Phi) is 30.3. The van der Waals surface area contributed by atoms with Gasteiger partial charge in [0.2, 0.25) is 0 Å². The van der Waals surface area contributed by atoms with Gasteiger partial charge in [-0.25, -0.2) is 16.8 Å². The van der Waals surface area contributed by atoms with Gasteiger partial charge in [-0.05, 0) is 59.1 Å². The standard InChI is InChI=1S/C29H20N8O12S3.5Na.2O3S/c1-15-12-17(8-11-20(15)33-34-21-4-2-3-5-23(21)50(41,42)43)32-35-22-14-24(51(44,45)46)19-13-25(52(47,48)49)28(29(38)26(19)27(22)30)36-31-16-6-9-18(10-7-16)37(39)40;;;;;;2*1-4(2)3/h2,4-6,8-14,38H,30H2,1H3,(H,41,42,43)(H,44,45,46)(H,47,48,49);;;;;;;/q-2;5*+1;;/p-3. The molecule has 5 aromatic carbocycles. The number of nitrogens with two attached hydrogens (primary N) is 1. The summed E-state index contributed by atoms with van der Waals surface area (Å²) < 4.78 is 159. The Balaban J connectivity index is -0.00000273. The van der Waals surface area contributed by atoms with Crippen LogP contribution in [0, 0.1) is 29.2 Å². The Bertz CT molecular complexity index is 3180. The second-order valence-electron chi connectivity index (χ2n) is 10.7. The minimum atomic E-state index is -5.54. The molecule has 0 spiro atoms. The van der Waals surface area contributed by atoms with E-state index in [0.717, 1.165) is 24.3 Å². The SMILES string of the molecule is Cc1cc(N=Nc2cc(S(=O)(=O)[O-])c3cc(S(=O)(=O)[O-])c(N=Nc4[c-]cc([N+](=O)[O-])cc4)c(O)c3c2N)ccc1N=Nc1cc[c-]cc1S(=O)(=O)[O-].O=S(=O)=O.O=S(=O)=O.[Na+].[Na+].[Na+].[Na+].[Na+]. The summed E-state index contributed by atoms with van der Waals surface area (Å²) >= 11 is 0. The van der Waals surface area contributed by atoms with Crippen LogP contribution in [0.3, 0.4) is 0 Å². The molecular weight excluding hydrogens is 1020 g/mol. The molecule has 316 valence electrons. The smallest absolute Gasteiger partial charge is 0.754 e. The maximum absolute atomic E-state index is 12.3. The number of hydrogen-bond acceptors (Lipinski definition) is 25. The van der Waals surface area contributed by atoms with E-state index in [1.807, 2.05) is 0 Å². The maximum atomic E-state index is 12.3. The molecule has 0 saturated heterocycles. The number of hydrogen-bond donors (Lipinski definition) is 2. The van der Waals surface area contributed by atoms with Gasteiger partial charge in [0.25, 0.3) is 0 Å². The zero-order valence-corrected chi connectivity index (χ0v) is 48.1. The fourth-order valence-corrected chi connectivity index (χ4v) is 6.40. The van der Waals surface area contributed by atoms with Crippen LogP contribution >= 0.6 is 0 Å². The van der Waals surface area contributed by atoms with E-state index in [1.54, 1.807) is 6.92 Å². The summed E-state index contributed by atoms with van der Waals surface area (Å²) in [6.45, 7) is 1.56. The molecule has 26 nitrogen and oxygen atoms in total. The van der Waals surface area contributed by atoms with Crippen molar-refractivity contribution in [3.63, 3.8) is 0 Å². The van der Waals surface area contributed by atoms with E-state index in [-0.39, 0.29) is 176 Å². The van der Waals surface area contributed by atoms with Crippen LogP contribution in [0.1, 0.15) is 5.56 Å². The zero-order valence-electron chi connectivity index (χ0n) is 34.0. The van der Waals surface area contributed by atoms with Gasteiger partial charge in [0, 0.05) is 10.3 Å². The third-order valence-corrected chi connectivity index (χ3v) is 9.49. The summed E-state index contributed by atoms with van der Waals surface area (Å²) in [4.78, 5) is 7.12. The quantitative estimate of drug-likeness (QED) is 0.0249. The molecule has 0 aromatic heterocycles. The van der Waals surface area contributed by atoms with E-state index in [1.165, 1.54) is 30.3 Å². The van der Waals surface area contributed by atoms with Crippen LogP contribution in [0.15, 0.2) is 112 Å². The van der Waals surface area contributed by atoms with Crippen LogP contribution < -0.4 is 154 Å². The number of anilines is 1. The molecule has 0 amide bonds. The molecule has 5 rings (SSSR count). The molecule has 0 aliphatic carbocycles. The molecule has 0 aliphatic rings. The number of phenolic OH excluding ortho intramolecular Hbond substituents is 1. The number of nitrogen functional groups attached to an aromatic ring is 1. The fraction of sp³-hybridized carbons (Fsp3) is 0.0345. The number of non-ortho nitro benzene ring substituents is 1. The van der Waals surface area contributed by atoms with E-state index in [9.17, 15) is 54.1 Å². The first-order valence-corrected chi connectivity index (χ1v) is 21.0. The van der Waals surface area contributed by atoms with E-state index in [0.29, 0.717) is 17.7 Å². The van der Waals surface area contributed by atoms with Crippen LogP contribution in [0.5, 0.6) is 5.75 Å². The molecule has 3 N–H and O–H groups in total. The molecule has 36 heteroatoms. The van der Waals surface area contributed by atoms with Crippen molar-refractivity contribution in [3.05, 3.63) is 94.5 Å². The Morgan fingerprint density at radius 2 is 1.17 bits per heavy atom. The van der Waals surface area contributed by atoms with Crippen molar-refractivity contribution in [3.8, 4) is 5.75 Å². The zero-order chi connectivity index (χ0) is 45.3. The average Bonchev–Trinajstić information content (AvgIpc) is 3.12. The molecule has 0 saturated carbocycles. The van der Waals surface area contributed by atoms with Crippen molar-refractivity contribution in [1.29, 1.82) is 0 Å². The third-order valence-electron chi connectivity index (χ3n) is 6.90. The van der Waals surface area contributed by atoms with Gasteiger partial charge in [-0.1, -0.05) is 12.1 Å². The molecule has 0 heterocycles. The molecule has 0 fully saturated rings. The van der Waals surface area contributed by atoms with Crippen molar-refractivity contribution in [2.75, 3.05) is 5.73 Å². The summed E-state index contributed by atoms with van der Waals surface area (Å²) in [5, 5.41) is 43.5. The Morgan fingerprint density at radius 1 is 0.646 bits per heavy atom. The van der Waals surface area contributed by atoms with Crippen LogP contribution in [0.4, 0.5) is 45.5 Å². The van der Waals surface area contributed by atoms with E-state index < -0.39 is 105 Å². The molecular formula is C29H17N8Na5O18S5. The minimum Gasteiger partial charge on any atom is -0.754 e. The fourth-order valence-electron chi connectivity index (χ4n) is 4.50. The minimum absolute atomic E-state index is 0. The second-order valence-corrected chi connectivity index (χ2v) is 15.6. The monoisotopic (exact) mass is 1040 g/mol. The summed E-state index contributed by atoms with van der Waals surface area (Å²) in [5.41, 5.74) is 4.05. The number of rotatable bonds is 10.